The van der Waals surface area contributed by atoms with E-state index in [1.54, 1.807) is 6.08 Å². The smallest absolute Gasteiger partial charge is 0.308 e. The molecule has 0 amide bonds. The number of thioether (sulfide) groups is 1. The fraction of sp³-hybridized carbons (Fsp3) is 0.333. The van der Waals surface area contributed by atoms with E-state index in [1.807, 2.05) is 30.3 Å². The summed E-state index contributed by atoms with van der Waals surface area (Å²) >= 11 is 1.31. The van der Waals surface area contributed by atoms with Crippen LogP contribution in [-0.4, -0.2) is 11.1 Å². The van der Waals surface area contributed by atoms with Gasteiger partial charge in [-0.05, 0) is 60.0 Å². The normalized spacial score (nSPS) is 17.5. The highest BCUT2D eigenvalue weighted by Crippen LogP contribution is 2.39. The first kappa shape index (κ1) is 16.6. The van der Waals surface area contributed by atoms with Gasteiger partial charge in [0.25, 0.3) is 0 Å². The molecule has 3 nitrogen and oxygen atoms in total. The lowest BCUT2D eigenvalue weighted by atomic mass is 9.87. The van der Waals surface area contributed by atoms with Gasteiger partial charge in [-0.25, -0.2) is 0 Å². The van der Waals surface area contributed by atoms with Gasteiger partial charge in [-0.1, -0.05) is 26.0 Å². The van der Waals surface area contributed by atoms with Crippen molar-refractivity contribution in [2.24, 2.45) is 0 Å². The zero-order valence-corrected chi connectivity index (χ0v) is 13.9. The lowest BCUT2D eigenvalue weighted by Crippen LogP contribution is -2.04. The number of hydrogen-bond acceptors (Lipinski definition) is 4. The number of carbonyl (C=O) groups is 2. The number of hydrogen-bond donors (Lipinski definition) is 0. The zero-order chi connectivity index (χ0) is 16.1. The molecule has 0 spiro atoms. The van der Waals surface area contributed by atoms with Crippen molar-refractivity contribution in [2.45, 2.75) is 39.5 Å². The quantitative estimate of drug-likeness (QED) is 0.588. The summed E-state index contributed by atoms with van der Waals surface area (Å²) in [7, 11) is 0. The van der Waals surface area contributed by atoms with Crippen LogP contribution in [-0.2, 0) is 9.59 Å². The molecule has 0 N–H and O–H groups in total. The predicted molar refractivity (Wildman–Crippen MR) is 89.8 cm³/mol. The minimum absolute atomic E-state index is 0.0982. The highest BCUT2D eigenvalue weighted by atomic mass is 32.2. The van der Waals surface area contributed by atoms with Crippen LogP contribution in [0.1, 0.15) is 45.1 Å². The minimum Gasteiger partial charge on any atom is -0.427 e. The molecule has 0 radical (unpaired) electrons. The van der Waals surface area contributed by atoms with E-state index in [0.29, 0.717) is 5.75 Å². The second kappa shape index (κ2) is 7.45. The summed E-state index contributed by atoms with van der Waals surface area (Å²) in [6.45, 7) is 5.66. The van der Waals surface area contributed by atoms with E-state index in [2.05, 4.69) is 13.8 Å². The van der Waals surface area contributed by atoms with Crippen LogP contribution < -0.4 is 4.74 Å². The number of ether oxygens (including phenoxy) is 1. The van der Waals surface area contributed by atoms with Gasteiger partial charge < -0.3 is 4.74 Å². The Morgan fingerprint density at radius 2 is 1.86 bits per heavy atom. The van der Waals surface area contributed by atoms with Crippen molar-refractivity contribution >= 4 is 22.8 Å². The van der Waals surface area contributed by atoms with Crippen LogP contribution in [0.2, 0.25) is 0 Å². The Bertz CT molecular complexity index is 626. The van der Waals surface area contributed by atoms with Crippen LogP contribution in [0.25, 0.3) is 0 Å². The van der Waals surface area contributed by atoms with Crippen molar-refractivity contribution in [3.05, 3.63) is 52.5 Å². The van der Waals surface area contributed by atoms with Gasteiger partial charge in [-0.2, -0.15) is 0 Å². The molecule has 2 rings (SSSR count). The van der Waals surface area contributed by atoms with Crippen LogP contribution in [0.4, 0.5) is 0 Å². The maximum atomic E-state index is 11.5. The molecule has 0 saturated heterocycles. The Hall–Kier alpha value is -1.81. The van der Waals surface area contributed by atoms with Gasteiger partial charge in [0.1, 0.15) is 5.75 Å². The monoisotopic (exact) mass is 316 g/mol. The van der Waals surface area contributed by atoms with Gasteiger partial charge >= 0.3 is 5.97 Å². The second-order valence-corrected chi connectivity index (χ2v) is 6.17. The van der Waals surface area contributed by atoms with E-state index in [1.165, 1.54) is 29.8 Å². The summed E-state index contributed by atoms with van der Waals surface area (Å²) in [5.74, 6) is 0.513. The minimum atomic E-state index is -0.317. The van der Waals surface area contributed by atoms with E-state index < -0.39 is 0 Å². The topological polar surface area (TPSA) is 43.4 Å². The zero-order valence-electron chi connectivity index (χ0n) is 13.1. The van der Waals surface area contributed by atoms with Crippen molar-refractivity contribution in [3.63, 3.8) is 0 Å². The van der Waals surface area contributed by atoms with Gasteiger partial charge in [-0.15, -0.1) is 0 Å². The maximum absolute atomic E-state index is 11.5. The molecule has 1 atom stereocenters. The van der Waals surface area contributed by atoms with Crippen LogP contribution in [0.15, 0.2) is 46.9 Å². The Morgan fingerprint density at radius 3 is 2.32 bits per heavy atom. The largest absolute Gasteiger partial charge is 0.427 e. The SMILES string of the molecule is CC/C(=C1\C=CC(=O)S1)[C@H](CC)c1ccc(OC(C)=O)cc1. The molecular weight excluding hydrogens is 296 g/mol. The molecule has 22 heavy (non-hydrogen) atoms. The fourth-order valence-electron chi connectivity index (χ4n) is 2.70. The Kier molecular flexibility index (Phi) is 5.61. The fourth-order valence-corrected chi connectivity index (χ4v) is 3.61. The maximum Gasteiger partial charge on any atom is 0.308 e. The molecule has 0 fully saturated rings. The van der Waals surface area contributed by atoms with Gasteiger partial charge in [0.05, 0.1) is 0 Å². The first-order chi connectivity index (χ1) is 10.5. The third-order valence-electron chi connectivity index (χ3n) is 3.65. The van der Waals surface area contributed by atoms with E-state index >= 15 is 0 Å². The number of rotatable bonds is 5. The van der Waals surface area contributed by atoms with Crippen LogP contribution in [0.5, 0.6) is 5.75 Å². The van der Waals surface area contributed by atoms with Crippen molar-refractivity contribution in [3.8, 4) is 5.75 Å². The summed E-state index contributed by atoms with van der Waals surface area (Å²) in [5, 5.41) is 0.0982. The lowest BCUT2D eigenvalue weighted by Gasteiger charge is -2.20. The molecule has 1 heterocycles. The summed E-state index contributed by atoms with van der Waals surface area (Å²) in [4.78, 5) is 23.5. The molecule has 0 bridgehead atoms. The molecule has 0 aromatic heterocycles. The van der Waals surface area contributed by atoms with E-state index in [0.717, 1.165) is 17.7 Å². The molecule has 0 unspecified atom stereocenters. The van der Waals surface area contributed by atoms with Gasteiger partial charge in [0, 0.05) is 17.7 Å². The Labute approximate surface area is 135 Å². The highest BCUT2D eigenvalue weighted by Gasteiger charge is 2.21. The Balaban J connectivity index is 2.29. The molecule has 0 saturated carbocycles. The van der Waals surface area contributed by atoms with E-state index in [-0.39, 0.29) is 17.0 Å². The molecule has 1 aromatic rings. The molecular formula is C18H20O3S. The third-order valence-corrected chi connectivity index (χ3v) is 4.61. The molecule has 1 aliphatic heterocycles. The van der Waals surface area contributed by atoms with Crippen molar-refractivity contribution < 1.29 is 14.3 Å². The number of benzene rings is 1. The first-order valence-electron chi connectivity index (χ1n) is 7.46. The van der Waals surface area contributed by atoms with Crippen molar-refractivity contribution in [1.29, 1.82) is 0 Å². The van der Waals surface area contributed by atoms with Gasteiger partial charge in [0.15, 0.2) is 0 Å². The molecule has 1 aromatic carbocycles. The average Bonchev–Trinajstić information content (AvgIpc) is 2.91. The summed E-state index contributed by atoms with van der Waals surface area (Å²) < 4.78 is 5.07. The lowest BCUT2D eigenvalue weighted by molar-refractivity contribution is -0.131. The number of allylic oxidation sites excluding steroid dienone is 2. The summed E-state index contributed by atoms with van der Waals surface area (Å²) in [5.41, 5.74) is 2.46. The summed E-state index contributed by atoms with van der Waals surface area (Å²) in [6.07, 6.45) is 5.42. The molecule has 1 aliphatic rings. The standard InChI is InChI=1S/C18H20O3S/c1-4-15(16(5-2)17-10-11-18(20)22-17)13-6-8-14(9-7-13)21-12(3)19/h6-11,15H,4-5H2,1-3H3/b17-16-/t15-/m1/s1. The Morgan fingerprint density at radius 1 is 1.18 bits per heavy atom. The third kappa shape index (κ3) is 3.89. The number of carbonyl (C=O) groups excluding carboxylic acids is 2. The molecule has 116 valence electrons. The average molecular weight is 316 g/mol. The van der Waals surface area contributed by atoms with Crippen molar-refractivity contribution in [2.75, 3.05) is 0 Å². The number of esters is 1. The predicted octanol–water partition coefficient (Wildman–Crippen LogP) is 4.60. The van der Waals surface area contributed by atoms with Crippen LogP contribution in [0, 0.1) is 0 Å². The van der Waals surface area contributed by atoms with Gasteiger partial charge in [-0.3, -0.25) is 9.59 Å². The second-order valence-electron chi connectivity index (χ2n) is 5.12. The van der Waals surface area contributed by atoms with Crippen LogP contribution in [0.3, 0.4) is 0 Å². The molecule has 4 heteroatoms. The van der Waals surface area contributed by atoms with Gasteiger partial charge in [0.2, 0.25) is 5.12 Å². The van der Waals surface area contributed by atoms with Crippen LogP contribution >= 0.6 is 11.8 Å². The van der Waals surface area contributed by atoms with E-state index in [9.17, 15) is 9.59 Å². The molecule has 0 aliphatic carbocycles. The highest BCUT2D eigenvalue weighted by molar-refractivity contribution is 8.17. The van der Waals surface area contributed by atoms with Crippen molar-refractivity contribution in [1.82, 2.24) is 0 Å². The van der Waals surface area contributed by atoms with E-state index in [4.69, 9.17) is 4.74 Å². The first-order valence-corrected chi connectivity index (χ1v) is 8.28. The summed E-state index contributed by atoms with van der Waals surface area (Å²) in [6, 6.07) is 7.63.